The first-order valence-corrected chi connectivity index (χ1v) is 6.47. The maximum Gasteiger partial charge on any atom is 0.319 e. The fourth-order valence-electron chi connectivity index (χ4n) is 1.68. The molecule has 0 aromatic heterocycles. The number of carbonyl (C=O) groups is 1. The molecule has 3 N–H and O–H groups in total. The van der Waals surface area contributed by atoms with Crippen molar-refractivity contribution in [1.29, 1.82) is 0 Å². The van der Waals surface area contributed by atoms with E-state index in [2.05, 4.69) is 22.5 Å². The number of hydrogen-bond acceptors (Lipinski definition) is 2. The lowest BCUT2D eigenvalue weighted by molar-refractivity contribution is 0.251. The van der Waals surface area contributed by atoms with Crippen LogP contribution in [0.2, 0.25) is 0 Å². The normalized spacial score (nSPS) is 13.4. The van der Waals surface area contributed by atoms with Gasteiger partial charge in [0.2, 0.25) is 0 Å². The van der Waals surface area contributed by atoms with Gasteiger partial charge in [-0.15, -0.1) is 0 Å². The Labute approximate surface area is 113 Å². The SMILES string of the molecule is Cc1cc(NC(=O)NC2CC2)ccc1C#CCCO. The zero-order valence-corrected chi connectivity index (χ0v) is 11.0. The van der Waals surface area contributed by atoms with Crippen molar-refractivity contribution >= 4 is 11.7 Å². The summed E-state index contributed by atoms with van der Waals surface area (Å²) in [5, 5.41) is 14.4. The van der Waals surface area contributed by atoms with Gasteiger partial charge in [-0.1, -0.05) is 11.8 Å². The number of aliphatic hydroxyl groups excluding tert-OH is 1. The number of aryl methyl sites for hydroxylation is 1. The molecule has 100 valence electrons. The first kappa shape index (κ1) is 13.4. The van der Waals surface area contributed by atoms with Crippen molar-refractivity contribution in [2.45, 2.75) is 32.2 Å². The smallest absolute Gasteiger partial charge is 0.319 e. The van der Waals surface area contributed by atoms with Crippen molar-refractivity contribution in [3.8, 4) is 11.8 Å². The monoisotopic (exact) mass is 258 g/mol. The molecule has 0 unspecified atom stereocenters. The molecule has 4 heteroatoms. The van der Waals surface area contributed by atoms with Gasteiger partial charge in [0.1, 0.15) is 0 Å². The van der Waals surface area contributed by atoms with Crippen LogP contribution in [0.15, 0.2) is 18.2 Å². The van der Waals surface area contributed by atoms with Gasteiger partial charge in [0, 0.05) is 23.7 Å². The minimum Gasteiger partial charge on any atom is -0.395 e. The van der Waals surface area contributed by atoms with E-state index in [-0.39, 0.29) is 12.6 Å². The Bertz CT molecular complexity index is 525. The Balaban J connectivity index is 1.97. The Kier molecular flexibility index (Phi) is 4.43. The third-order valence-corrected chi connectivity index (χ3v) is 2.86. The lowest BCUT2D eigenvalue weighted by Crippen LogP contribution is -2.30. The largest absolute Gasteiger partial charge is 0.395 e. The van der Waals surface area contributed by atoms with Gasteiger partial charge in [-0.25, -0.2) is 4.79 Å². The zero-order valence-electron chi connectivity index (χ0n) is 11.0. The second kappa shape index (κ2) is 6.26. The number of rotatable bonds is 3. The maximum atomic E-state index is 11.6. The van der Waals surface area contributed by atoms with E-state index in [1.54, 1.807) is 0 Å². The summed E-state index contributed by atoms with van der Waals surface area (Å²) in [6, 6.07) is 5.82. The van der Waals surface area contributed by atoms with E-state index in [0.717, 1.165) is 29.7 Å². The van der Waals surface area contributed by atoms with Crippen LogP contribution >= 0.6 is 0 Å². The Hall–Kier alpha value is -1.99. The number of amides is 2. The van der Waals surface area contributed by atoms with Crippen LogP contribution in [0.5, 0.6) is 0 Å². The Morgan fingerprint density at radius 1 is 1.47 bits per heavy atom. The molecule has 2 rings (SSSR count). The Morgan fingerprint density at radius 3 is 2.89 bits per heavy atom. The van der Waals surface area contributed by atoms with E-state index in [1.807, 2.05) is 25.1 Å². The molecule has 0 bridgehead atoms. The average molecular weight is 258 g/mol. The van der Waals surface area contributed by atoms with E-state index in [9.17, 15) is 4.79 Å². The second-order valence-electron chi connectivity index (χ2n) is 4.68. The van der Waals surface area contributed by atoms with Crippen molar-refractivity contribution < 1.29 is 9.90 Å². The lowest BCUT2D eigenvalue weighted by Gasteiger charge is -2.08. The summed E-state index contributed by atoms with van der Waals surface area (Å²) in [5.41, 5.74) is 2.69. The van der Waals surface area contributed by atoms with Crippen LogP contribution in [-0.2, 0) is 0 Å². The molecule has 2 amide bonds. The predicted molar refractivity (Wildman–Crippen MR) is 74.9 cm³/mol. The van der Waals surface area contributed by atoms with Gasteiger partial charge in [-0.05, 0) is 43.5 Å². The molecule has 0 aliphatic heterocycles. The molecule has 19 heavy (non-hydrogen) atoms. The molecule has 0 radical (unpaired) electrons. The molecule has 0 atom stereocenters. The van der Waals surface area contributed by atoms with Crippen LogP contribution in [0.3, 0.4) is 0 Å². The van der Waals surface area contributed by atoms with Gasteiger partial charge in [0.05, 0.1) is 6.61 Å². The highest BCUT2D eigenvalue weighted by Crippen LogP contribution is 2.19. The van der Waals surface area contributed by atoms with Crippen LogP contribution in [0.25, 0.3) is 0 Å². The lowest BCUT2D eigenvalue weighted by atomic mass is 10.1. The van der Waals surface area contributed by atoms with Crippen LogP contribution in [0.4, 0.5) is 10.5 Å². The summed E-state index contributed by atoms with van der Waals surface area (Å²) in [6.07, 6.45) is 2.63. The summed E-state index contributed by atoms with van der Waals surface area (Å²) in [5.74, 6) is 5.89. The number of benzene rings is 1. The van der Waals surface area contributed by atoms with Crippen LogP contribution in [0, 0.1) is 18.8 Å². The highest BCUT2D eigenvalue weighted by molar-refractivity contribution is 5.89. The zero-order chi connectivity index (χ0) is 13.7. The van der Waals surface area contributed by atoms with Crippen LogP contribution < -0.4 is 10.6 Å². The third kappa shape index (κ3) is 4.31. The number of carbonyl (C=O) groups excluding carboxylic acids is 1. The van der Waals surface area contributed by atoms with E-state index < -0.39 is 0 Å². The van der Waals surface area contributed by atoms with Crippen molar-refractivity contribution in [3.63, 3.8) is 0 Å². The van der Waals surface area contributed by atoms with Crippen molar-refractivity contribution in [2.75, 3.05) is 11.9 Å². The van der Waals surface area contributed by atoms with Gasteiger partial charge in [-0.3, -0.25) is 0 Å². The fourth-order valence-corrected chi connectivity index (χ4v) is 1.68. The van der Waals surface area contributed by atoms with Gasteiger partial charge in [0.25, 0.3) is 0 Å². The summed E-state index contributed by atoms with van der Waals surface area (Å²) >= 11 is 0. The van der Waals surface area contributed by atoms with Crippen molar-refractivity contribution in [2.24, 2.45) is 0 Å². The molecule has 0 heterocycles. The average Bonchev–Trinajstić information content (AvgIpc) is 3.16. The highest BCUT2D eigenvalue weighted by atomic mass is 16.2. The molecule has 0 saturated heterocycles. The molecule has 1 aliphatic carbocycles. The van der Waals surface area contributed by atoms with Gasteiger partial charge >= 0.3 is 6.03 Å². The van der Waals surface area contributed by atoms with E-state index >= 15 is 0 Å². The summed E-state index contributed by atoms with van der Waals surface area (Å²) in [4.78, 5) is 11.6. The minimum absolute atomic E-state index is 0.0764. The summed E-state index contributed by atoms with van der Waals surface area (Å²) in [7, 11) is 0. The molecule has 0 spiro atoms. The van der Waals surface area contributed by atoms with E-state index in [0.29, 0.717) is 12.5 Å². The van der Waals surface area contributed by atoms with Gasteiger partial charge in [0.15, 0.2) is 0 Å². The number of urea groups is 1. The second-order valence-corrected chi connectivity index (χ2v) is 4.68. The molecule has 1 saturated carbocycles. The molecular weight excluding hydrogens is 240 g/mol. The number of aliphatic hydroxyl groups is 1. The summed E-state index contributed by atoms with van der Waals surface area (Å²) < 4.78 is 0. The van der Waals surface area contributed by atoms with Crippen molar-refractivity contribution in [1.82, 2.24) is 5.32 Å². The number of hydrogen-bond donors (Lipinski definition) is 3. The first-order chi connectivity index (χ1) is 9.19. The molecule has 1 aliphatic rings. The molecular formula is C15H18N2O2. The van der Waals surface area contributed by atoms with Crippen molar-refractivity contribution in [3.05, 3.63) is 29.3 Å². The first-order valence-electron chi connectivity index (χ1n) is 6.47. The topological polar surface area (TPSA) is 61.4 Å². The molecule has 1 aromatic carbocycles. The quantitative estimate of drug-likeness (QED) is 0.726. The van der Waals surface area contributed by atoms with E-state index in [4.69, 9.17) is 5.11 Å². The standard InChI is InChI=1S/C15H18N2O2/c1-11-10-14(17-15(19)16-13-7-8-13)6-5-12(11)4-2-3-9-18/h5-6,10,13,18H,3,7-9H2,1H3,(H2,16,17,19). The van der Waals surface area contributed by atoms with Crippen LogP contribution in [0.1, 0.15) is 30.4 Å². The molecule has 4 nitrogen and oxygen atoms in total. The number of anilines is 1. The predicted octanol–water partition coefficient (Wildman–Crippen LogP) is 2.01. The van der Waals surface area contributed by atoms with Gasteiger partial charge in [-0.2, -0.15) is 0 Å². The third-order valence-electron chi connectivity index (χ3n) is 2.86. The van der Waals surface area contributed by atoms with E-state index in [1.165, 1.54) is 0 Å². The minimum atomic E-state index is -0.152. The summed E-state index contributed by atoms with van der Waals surface area (Å²) in [6.45, 7) is 2.03. The molecule has 1 fully saturated rings. The molecule has 1 aromatic rings. The van der Waals surface area contributed by atoms with Crippen LogP contribution in [-0.4, -0.2) is 23.8 Å². The van der Waals surface area contributed by atoms with Gasteiger partial charge < -0.3 is 15.7 Å². The Morgan fingerprint density at radius 2 is 2.26 bits per heavy atom. The maximum absolute atomic E-state index is 11.6. The fraction of sp³-hybridized carbons (Fsp3) is 0.400. The number of nitrogens with one attached hydrogen (secondary N) is 2. The highest BCUT2D eigenvalue weighted by Gasteiger charge is 2.23.